The number of nitrogens with one attached hydrogen (secondary N) is 1. The van der Waals surface area contributed by atoms with E-state index in [1.165, 1.54) is 52.6 Å². The largest absolute Gasteiger partial charge is 0.338 e. The highest BCUT2D eigenvalue weighted by atomic mass is 35.5. The summed E-state index contributed by atoms with van der Waals surface area (Å²) < 4.78 is 14.5. The molecule has 4 atom stereocenters. The second-order valence-electron chi connectivity index (χ2n) is 11.0. The van der Waals surface area contributed by atoms with E-state index in [0.717, 1.165) is 6.07 Å². The SMILES string of the molecule is O=C(c1cccs1)C1C(c2ccc(Cl)cc2)C(C(=O)N2CCNCC2)N(C(=O)c2cccc(F)c2)C1c1cccc([N+](=O)[O-])c1. The number of hydrogen-bond donors (Lipinski definition) is 1. The van der Waals surface area contributed by atoms with Crippen molar-refractivity contribution in [1.82, 2.24) is 15.1 Å². The van der Waals surface area contributed by atoms with Crippen molar-refractivity contribution in [3.8, 4) is 0 Å². The maximum Gasteiger partial charge on any atom is 0.269 e. The molecule has 0 saturated carbocycles. The number of halogens is 2. The summed E-state index contributed by atoms with van der Waals surface area (Å²) in [6.45, 7) is 1.87. The zero-order valence-electron chi connectivity index (χ0n) is 23.8. The highest BCUT2D eigenvalue weighted by molar-refractivity contribution is 7.12. The van der Waals surface area contributed by atoms with Crippen LogP contribution in [0.15, 0.2) is 90.3 Å². The first-order valence-corrected chi connectivity index (χ1v) is 15.7. The lowest BCUT2D eigenvalue weighted by Crippen LogP contribution is -2.55. The van der Waals surface area contributed by atoms with Crippen LogP contribution in [-0.4, -0.2) is 64.5 Å². The van der Waals surface area contributed by atoms with Gasteiger partial charge in [-0.15, -0.1) is 11.3 Å². The number of ketones is 1. The lowest BCUT2D eigenvalue weighted by molar-refractivity contribution is -0.385. The van der Waals surface area contributed by atoms with Gasteiger partial charge in [0.2, 0.25) is 5.91 Å². The molecule has 230 valence electrons. The summed E-state index contributed by atoms with van der Waals surface area (Å²) in [5.74, 6) is -3.87. The second kappa shape index (κ2) is 12.9. The van der Waals surface area contributed by atoms with Crippen LogP contribution in [0.2, 0.25) is 5.02 Å². The lowest BCUT2D eigenvalue weighted by Gasteiger charge is -2.36. The second-order valence-corrected chi connectivity index (χ2v) is 12.4. The van der Waals surface area contributed by atoms with E-state index in [4.69, 9.17) is 11.6 Å². The molecule has 0 aliphatic carbocycles. The van der Waals surface area contributed by atoms with Crippen molar-refractivity contribution in [3.05, 3.63) is 133 Å². The molecule has 3 aromatic carbocycles. The fourth-order valence-electron chi connectivity index (χ4n) is 6.43. The molecule has 0 spiro atoms. The van der Waals surface area contributed by atoms with Crippen LogP contribution in [0.1, 0.15) is 43.1 Å². The molecule has 2 aliphatic heterocycles. The molecular weight excluding hydrogens is 619 g/mol. The van der Waals surface area contributed by atoms with Gasteiger partial charge in [0.15, 0.2) is 5.78 Å². The van der Waals surface area contributed by atoms with Crippen LogP contribution in [0.3, 0.4) is 0 Å². The standard InChI is InChI=1S/C33H28ClFN4O5S/c34-23-11-9-20(10-12-23)27-28(31(40)26-8-3-17-45-26)29(21-4-2-7-25(19-21)39(43)44)38(32(41)22-5-1-6-24(35)18-22)30(27)33(42)37-15-13-36-14-16-37/h1-12,17-19,27-30,36H,13-16H2. The van der Waals surface area contributed by atoms with Crippen molar-refractivity contribution in [1.29, 1.82) is 0 Å². The van der Waals surface area contributed by atoms with Crippen LogP contribution < -0.4 is 5.32 Å². The lowest BCUT2D eigenvalue weighted by atomic mass is 9.77. The molecule has 2 fully saturated rings. The first-order valence-electron chi connectivity index (χ1n) is 14.4. The zero-order chi connectivity index (χ0) is 31.7. The highest BCUT2D eigenvalue weighted by Crippen LogP contribution is 2.53. The van der Waals surface area contributed by atoms with Crippen molar-refractivity contribution >= 4 is 46.2 Å². The number of likely N-dealkylation sites (tertiary alicyclic amines) is 1. The molecule has 1 N–H and O–H groups in total. The van der Waals surface area contributed by atoms with Crippen LogP contribution in [-0.2, 0) is 4.79 Å². The Morgan fingerprint density at radius 1 is 0.933 bits per heavy atom. The van der Waals surface area contributed by atoms with Crippen LogP contribution >= 0.6 is 22.9 Å². The van der Waals surface area contributed by atoms with Crippen molar-refractivity contribution < 1.29 is 23.7 Å². The molecule has 2 amide bonds. The predicted octanol–water partition coefficient (Wildman–Crippen LogP) is 5.73. The molecule has 2 aliphatic rings. The average molecular weight is 647 g/mol. The van der Waals surface area contributed by atoms with Crippen LogP contribution in [0, 0.1) is 21.8 Å². The minimum atomic E-state index is -1.20. The van der Waals surface area contributed by atoms with Gasteiger partial charge < -0.3 is 15.1 Å². The van der Waals surface area contributed by atoms with E-state index in [1.807, 2.05) is 0 Å². The maximum absolute atomic E-state index is 14.7. The van der Waals surface area contributed by atoms with Gasteiger partial charge in [-0.25, -0.2) is 4.39 Å². The molecule has 6 rings (SSSR count). The van der Waals surface area contributed by atoms with E-state index in [0.29, 0.717) is 47.2 Å². The van der Waals surface area contributed by atoms with Gasteiger partial charge in [-0.1, -0.05) is 48.0 Å². The van der Waals surface area contributed by atoms with E-state index in [2.05, 4.69) is 5.32 Å². The average Bonchev–Trinajstić information content (AvgIpc) is 3.72. The number of amides is 2. The highest BCUT2D eigenvalue weighted by Gasteiger charge is 2.58. The third-order valence-electron chi connectivity index (χ3n) is 8.40. The summed E-state index contributed by atoms with van der Waals surface area (Å²) in [5, 5.41) is 17.3. The smallest absolute Gasteiger partial charge is 0.269 e. The van der Waals surface area contributed by atoms with E-state index in [1.54, 1.807) is 52.7 Å². The molecule has 3 heterocycles. The van der Waals surface area contributed by atoms with E-state index < -0.39 is 40.6 Å². The number of rotatable bonds is 7. The molecule has 9 nitrogen and oxygen atoms in total. The summed E-state index contributed by atoms with van der Waals surface area (Å²) in [5.41, 5.74) is 0.682. The summed E-state index contributed by atoms with van der Waals surface area (Å²) in [4.78, 5) is 58.6. The van der Waals surface area contributed by atoms with Crippen LogP contribution in [0.5, 0.6) is 0 Å². The minimum Gasteiger partial charge on any atom is -0.338 e. The number of thiophene rings is 1. The number of carbonyl (C=O) groups is 3. The van der Waals surface area contributed by atoms with E-state index in [-0.39, 0.29) is 22.9 Å². The Hall–Kier alpha value is -4.45. The van der Waals surface area contributed by atoms with Crippen molar-refractivity contribution in [2.75, 3.05) is 26.2 Å². The van der Waals surface area contributed by atoms with Gasteiger partial charge in [-0.2, -0.15) is 0 Å². The van der Waals surface area contributed by atoms with Crippen molar-refractivity contribution in [2.45, 2.75) is 18.0 Å². The molecule has 0 bridgehead atoms. The Labute approximate surface area is 267 Å². The quantitative estimate of drug-likeness (QED) is 0.156. The van der Waals surface area contributed by atoms with E-state index >= 15 is 0 Å². The number of benzene rings is 3. The topological polar surface area (TPSA) is 113 Å². The first-order chi connectivity index (χ1) is 21.7. The Kier molecular flexibility index (Phi) is 8.75. The number of carbonyl (C=O) groups excluding carboxylic acids is 3. The Bertz CT molecular complexity index is 1750. The Balaban J connectivity index is 1.63. The molecule has 4 aromatic rings. The summed E-state index contributed by atoms with van der Waals surface area (Å²) in [7, 11) is 0. The van der Waals surface area contributed by atoms with Crippen molar-refractivity contribution in [3.63, 3.8) is 0 Å². The summed E-state index contributed by atoms with van der Waals surface area (Å²) >= 11 is 7.49. The molecule has 12 heteroatoms. The number of nitro groups is 1. The molecule has 2 saturated heterocycles. The van der Waals surface area contributed by atoms with E-state index in [9.17, 15) is 28.9 Å². The molecule has 1 aromatic heterocycles. The number of hydrogen-bond acceptors (Lipinski definition) is 7. The molecule has 4 unspecified atom stereocenters. The van der Waals surface area contributed by atoms with Gasteiger partial charge in [0.1, 0.15) is 11.9 Å². The monoisotopic (exact) mass is 646 g/mol. The third kappa shape index (κ3) is 5.98. The van der Waals surface area contributed by atoms with Gasteiger partial charge in [0.05, 0.1) is 21.8 Å². The van der Waals surface area contributed by atoms with Crippen molar-refractivity contribution in [2.24, 2.45) is 5.92 Å². The molecule has 0 radical (unpaired) electrons. The number of nitrogens with zero attached hydrogens (tertiary/aromatic N) is 3. The van der Waals surface area contributed by atoms with Crippen LogP contribution in [0.4, 0.5) is 10.1 Å². The van der Waals surface area contributed by atoms with Gasteiger partial charge >= 0.3 is 0 Å². The number of nitro benzene ring substituents is 1. The normalized spacial score (nSPS) is 21.5. The minimum absolute atomic E-state index is 0.0115. The van der Waals surface area contributed by atoms with Gasteiger partial charge in [0.25, 0.3) is 11.6 Å². The zero-order valence-corrected chi connectivity index (χ0v) is 25.4. The summed E-state index contributed by atoms with van der Waals surface area (Å²) in [6.07, 6.45) is 0. The number of Topliss-reactive ketones (excluding diaryl/α,β-unsaturated/α-hetero) is 1. The molecular formula is C33H28ClFN4O5S. The maximum atomic E-state index is 14.7. The van der Waals surface area contributed by atoms with Crippen LogP contribution in [0.25, 0.3) is 0 Å². The number of non-ortho nitro benzene ring substituents is 1. The fraction of sp³-hybridized carbons (Fsp3) is 0.242. The number of piperazine rings is 1. The van der Waals surface area contributed by atoms with Gasteiger partial charge in [-0.05, 0) is 52.9 Å². The Morgan fingerprint density at radius 3 is 2.33 bits per heavy atom. The van der Waals surface area contributed by atoms with Gasteiger partial charge in [0, 0.05) is 54.8 Å². The summed E-state index contributed by atoms with van der Waals surface area (Å²) in [6, 6.07) is 18.8. The Morgan fingerprint density at radius 2 is 1.67 bits per heavy atom. The molecule has 45 heavy (non-hydrogen) atoms. The third-order valence-corrected chi connectivity index (χ3v) is 9.53. The predicted molar refractivity (Wildman–Crippen MR) is 168 cm³/mol. The fourth-order valence-corrected chi connectivity index (χ4v) is 7.27. The first kappa shape index (κ1) is 30.6. The van der Waals surface area contributed by atoms with Gasteiger partial charge in [-0.3, -0.25) is 24.5 Å².